The number of hydrogen-bond donors (Lipinski definition) is 1. The van der Waals surface area contributed by atoms with Crippen LogP contribution < -0.4 is 15.4 Å². The van der Waals surface area contributed by atoms with Crippen molar-refractivity contribution in [2.24, 2.45) is 5.73 Å². The number of hydrogen-bond acceptors (Lipinski definition) is 3. The summed E-state index contributed by atoms with van der Waals surface area (Å²) >= 11 is 6.22. The molecule has 0 aliphatic carbocycles. The summed E-state index contributed by atoms with van der Waals surface area (Å²) in [6, 6.07) is 17.7. The van der Waals surface area contributed by atoms with Gasteiger partial charge in [-0.05, 0) is 23.8 Å². The van der Waals surface area contributed by atoms with Crippen LogP contribution in [0.3, 0.4) is 0 Å². The lowest BCUT2D eigenvalue weighted by Crippen LogP contribution is -2.47. The Balaban J connectivity index is 1.60. The van der Waals surface area contributed by atoms with Crippen LogP contribution in [-0.4, -0.2) is 24.5 Å². The maximum absolute atomic E-state index is 12.9. The Kier molecular flexibility index (Phi) is 4.46. The molecule has 0 bridgehead atoms. The van der Waals surface area contributed by atoms with E-state index in [0.717, 1.165) is 16.3 Å². The average molecular weight is 381 g/mol. The first-order valence-corrected chi connectivity index (χ1v) is 8.93. The Morgan fingerprint density at radius 2 is 1.74 bits per heavy atom. The van der Waals surface area contributed by atoms with Crippen LogP contribution in [0.5, 0.6) is 5.75 Å². The van der Waals surface area contributed by atoms with Crippen LogP contribution in [0.25, 0.3) is 10.8 Å². The standard InChI is InChI=1S/C21H17ClN2O3/c22-16-9-10-19(15-7-3-2-6-14(15)16)27-12-20(25)24-17-8-4-1-5-13(17)11-18(24)21(23)26/h1-10,18H,11-12H2,(H2,23,26)/t18-/m0/s1. The number of benzene rings is 3. The van der Waals surface area contributed by atoms with E-state index in [1.807, 2.05) is 48.5 Å². The fourth-order valence-electron chi connectivity index (χ4n) is 3.49. The molecule has 0 radical (unpaired) electrons. The lowest BCUT2D eigenvalue weighted by molar-refractivity contribution is -0.125. The van der Waals surface area contributed by atoms with Gasteiger partial charge in [0.25, 0.3) is 5.91 Å². The number of amides is 2. The second-order valence-corrected chi connectivity index (χ2v) is 6.80. The third kappa shape index (κ3) is 3.11. The van der Waals surface area contributed by atoms with Gasteiger partial charge in [0.15, 0.2) is 6.61 Å². The number of carbonyl (C=O) groups is 2. The van der Waals surface area contributed by atoms with Gasteiger partial charge in [-0.2, -0.15) is 0 Å². The molecular formula is C21H17ClN2O3. The molecule has 0 fully saturated rings. The minimum absolute atomic E-state index is 0.205. The summed E-state index contributed by atoms with van der Waals surface area (Å²) in [5.41, 5.74) is 7.14. The molecule has 0 unspecified atom stereocenters. The number of para-hydroxylation sites is 1. The average Bonchev–Trinajstić information content (AvgIpc) is 3.07. The van der Waals surface area contributed by atoms with Gasteiger partial charge in [-0.1, -0.05) is 54.1 Å². The number of primary amides is 1. The predicted molar refractivity (Wildman–Crippen MR) is 105 cm³/mol. The molecule has 3 aromatic rings. The lowest BCUT2D eigenvalue weighted by Gasteiger charge is -2.23. The van der Waals surface area contributed by atoms with Gasteiger partial charge >= 0.3 is 0 Å². The van der Waals surface area contributed by atoms with Crippen molar-refractivity contribution in [3.63, 3.8) is 0 Å². The van der Waals surface area contributed by atoms with Crippen molar-refractivity contribution in [1.82, 2.24) is 0 Å². The molecule has 0 saturated heterocycles. The van der Waals surface area contributed by atoms with E-state index in [1.54, 1.807) is 12.1 Å². The fraction of sp³-hybridized carbons (Fsp3) is 0.143. The number of carbonyl (C=O) groups excluding carboxylic acids is 2. The van der Waals surface area contributed by atoms with Crippen LogP contribution in [0, 0.1) is 0 Å². The monoisotopic (exact) mass is 380 g/mol. The molecule has 27 heavy (non-hydrogen) atoms. The van der Waals surface area contributed by atoms with Crippen molar-refractivity contribution < 1.29 is 14.3 Å². The molecule has 3 aromatic carbocycles. The van der Waals surface area contributed by atoms with E-state index in [2.05, 4.69) is 0 Å². The lowest BCUT2D eigenvalue weighted by atomic mass is 10.1. The van der Waals surface area contributed by atoms with Crippen LogP contribution in [0.15, 0.2) is 60.7 Å². The summed E-state index contributed by atoms with van der Waals surface area (Å²) < 4.78 is 5.79. The van der Waals surface area contributed by atoms with Gasteiger partial charge in [0.2, 0.25) is 5.91 Å². The normalized spacial score (nSPS) is 15.6. The fourth-order valence-corrected chi connectivity index (χ4v) is 3.72. The Morgan fingerprint density at radius 1 is 1.04 bits per heavy atom. The summed E-state index contributed by atoms with van der Waals surface area (Å²) in [5.74, 6) is -0.286. The molecule has 0 spiro atoms. The van der Waals surface area contributed by atoms with E-state index >= 15 is 0 Å². The Hall–Kier alpha value is -3.05. The molecule has 136 valence electrons. The summed E-state index contributed by atoms with van der Waals surface area (Å²) in [5, 5.41) is 2.29. The molecule has 5 nitrogen and oxygen atoms in total. The Bertz CT molecular complexity index is 1050. The molecular weight excluding hydrogens is 364 g/mol. The third-order valence-corrected chi connectivity index (χ3v) is 5.08. The van der Waals surface area contributed by atoms with E-state index in [4.69, 9.17) is 22.1 Å². The number of ether oxygens (including phenoxy) is 1. The Labute approximate surface area is 161 Å². The van der Waals surface area contributed by atoms with Crippen molar-refractivity contribution in [1.29, 1.82) is 0 Å². The zero-order valence-electron chi connectivity index (χ0n) is 14.4. The summed E-state index contributed by atoms with van der Waals surface area (Å²) in [6.07, 6.45) is 0.418. The van der Waals surface area contributed by atoms with Crippen molar-refractivity contribution >= 4 is 39.9 Å². The van der Waals surface area contributed by atoms with Crippen molar-refractivity contribution in [2.75, 3.05) is 11.5 Å². The highest BCUT2D eigenvalue weighted by Crippen LogP contribution is 2.33. The second-order valence-electron chi connectivity index (χ2n) is 6.39. The number of nitrogens with zero attached hydrogens (tertiary/aromatic N) is 1. The zero-order valence-corrected chi connectivity index (χ0v) is 15.1. The molecule has 2 N–H and O–H groups in total. The van der Waals surface area contributed by atoms with Crippen molar-refractivity contribution in [3.05, 3.63) is 71.2 Å². The molecule has 0 aromatic heterocycles. The second kappa shape index (κ2) is 6.93. The van der Waals surface area contributed by atoms with Gasteiger partial charge in [-0.3, -0.25) is 14.5 Å². The molecule has 0 saturated carbocycles. The summed E-state index contributed by atoms with van der Waals surface area (Å²) in [4.78, 5) is 26.2. The summed E-state index contributed by atoms with van der Waals surface area (Å²) in [7, 11) is 0. The number of nitrogens with two attached hydrogens (primary N) is 1. The van der Waals surface area contributed by atoms with Gasteiger partial charge in [0, 0.05) is 27.9 Å². The molecule has 1 heterocycles. The highest BCUT2D eigenvalue weighted by Gasteiger charge is 2.37. The maximum atomic E-state index is 12.9. The number of halogens is 1. The first-order valence-electron chi connectivity index (χ1n) is 8.55. The predicted octanol–water partition coefficient (Wildman–Crippen LogP) is 3.32. The number of anilines is 1. The molecule has 4 rings (SSSR count). The van der Waals surface area contributed by atoms with Crippen LogP contribution in [0.2, 0.25) is 5.02 Å². The van der Waals surface area contributed by atoms with E-state index in [-0.39, 0.29) is 12.5 Å². The summed E-state index contributed by atoms with van der Waals surface area (Å²) in [6.45, 7) is -0.205. The van der Waals surface area contributed by atoms with Gasteiger partial charge in [-0.15, -0.1) is 0 Å². The minimum atomic E-state index is -0.694. The highest BCUT2D eigenvalue weighted by molar-refractivity contribution is 6.35. The van der Waals surface area contributed by atoms with E-state index in [0.29, 0.717) is 22.9 Å². The Morgan fingerprint density at radius 3 is 2.52 bits per heavy atom. The zero-order chi connectivity index (χ0) is 19.0. The highest BCUT2D eigenvalue weighted by atomic mass is 35.5. The van der Waals surface area contributed by atoms with Gasteiger partial charge in [0.1, 0.15) is 11.8 Å². The number of rotatable bonds is 4. The first kappa shape index (κ1) is 17.4. The van der Waals surface area contributed by atoms with Crippen LogP contribution in [0.4, 0.5) is 5.69 Å². The van der Waals surface area contributed by atoms with Crippen LogP contribution >= 0.6 is 11.6 Å². The van der Waals surface area contributed by atoms with Gasteiger partial charge in [-0.25, -0.2) is 0 Å². The van der Waals surface area contributed by atoms with Crippen LogP contribution in [-0.2, 0) is 16.0 Å². The number of fused-ring (bicyclic) bond motifs is 2. The van der Waals surface area contributed by atoms with Gasteiger partial charge in [0.05, 0.1) is 0 Å². The van der Waals surface area contributed by atoms with Crippen molar-refractivity contribution in [2.45, 2.75) is 12.5 Å². The first-order chi connectivity index (χ1) is 13.1. The van der Waals surface area contributed by atoms with Crippen LogP contribution in [0.1, 0.15) is 5.56 Å². The van der Waals surface area contributed by atoms with Gasteiger partial charge < -0.3 is 10.5 Å². The van der Waals surface area contributed by atoms with E-state index < -0.39 is 11.9 Å². The quantitative estimate of drug-likeness (QED) is 0.754. The minimum Gasteiger partial charge on any atom is -0.483 e. The topological polar surface area (TPSA) is 72.6 Å². The smallest absolute Gasteiger partial charge is 0.265 e. The molecule has 1 aliphatic rings. The van der Waals surface area contributed by atoms with Crippen molar-refractivity contribution in [3.8, 4) is 5.75 Å². The van der Waals surface area contributed by atoms with E-state index in [1.165, 1.54) is 4.90 Å². The SMILES string of the molecule is NC(=O)[C@@H]1Cc2ccccc2N1C(=O)COc1ccc(Cl)c2ccccc12. The van der Waals surface area contributed by atoms with E-state index in [9.17, 15) is 9.59 Å². The maximum Gasteiger partial charge on any atom is 0.265 e. The third-order valence-electron chi connectivity index (χ3n) is 4.76. The molecule has 1 atom stereocenters. The molecule has 6 heteroatoms. The largest absolute Gasteiger partial charge is 0.483 e. The molecule has 2 amide bonds. The molecule has 1 aliphatic heterocycles.